The molecular formula is C30H30N2O6. The largest absolute Gasteiger partial charge is 0.497 e. The molecule has 0 saturated carbocycles. The van der Waals surface area contributed by atoms with Crippen LogP contribution in [0.2, 0.25) is 0 Å². The van der Waals surface area contributed by atoms with Gasteiger partial charge in [-0.3, -0.25) is 14.9 Å². The number of benzene rings is 3. The van der Waals surface area contributed by atoms with Crippen LogP contribution in [0.3, 0.4) is 0 Å². The van der Waals surface area contributed by atoms with E-state index in [1.165, 1.54) is 6.08 Å². The third-order valence-corrected chi connectivity index (χ3v) is 5.87. The molecule has 1 N–H and O–H groups in total. The first kappa shape index (κ1) is 26.5. The quantitative estimate of drug-likeness (QED) is 0.306. The van der Waals surface area contributed by atoms with Crippen molar-refractivity contribution in [1.82, 2.24) is 5.32 Å². The van der Waals surface area contributed by atoms with Crippen molar-refractivity contribution in [3.05, 3.63) is 88.5 Å². The molecule has 0 aliphatic carbocycles. The van der Waals surface area contributed by atoms with Crippen LogP contribution in [0.25, 0.3) is 6.08 Å². The van der Waals surface area contributed by atoms with Gasteiger partial charge in [0.05, 0.1) is 19.4 Å². The van der Waals surface area contributed by atoms with Gasteiger partial charge in [0.15, 0.2) is 0 Å². The summed E-state index contributed by atoms with van der Waals surface area (Å²) in [5, 5.41) is 2.25. The molecule has 0 spiro atoms. The van der Waals surface area contributed by atoms with Crippen LogP contribution >= 0.6 is 0 Å². The molecule has 4 rings (SSSR count). The van der Waals surface area contributed by atoms with Gasteiger partial charge in [0.25, 0.3) is 11.8 Å². The fraction of sp³-hybridized carbons (Fsp3) is 0.233. The highest BCUT2D eigenvalue weighted by atomic mass is 16.5. The van der Waals surface area contributed by atoms with Crippen LogP contribution in [0.5, 0.6) is 17.2 Å². The van der Waals surface area contributed by atoms with Gasteiger partial charge in [-0.25, -0.2) is 9.69 Å². The van der Waals surface area contributed by atoms with E-state index in [2.05, 4.69) is 11.4 Å². The summed E-state index contributed by atoms with van der Waals surface area (Å²) in [6, 6.07) is 17.0. The van der Waals surface area contributed by atoms with Gasteiger partial charge in [-0.1, -0.05) is 36.2 Å². The number of anilines is 1. The lowest BCUT2D eigenvalue weighted by molar-refractivity contribution is -0.122. The molecule has 0 aromatic heterocycles. The van der Waals surface area contributed by atoms with Crippen LogP contribution in [0.1, 0.15) is 35.6 Å². The zero-order valence-electron chi connectivity index (χ0n) is 21.9. The average Bonchev–Trinajstić information content (AvgIpc) is 2.89. The maximum absolute atomic E-state index is 13.4. The lowest BCUT2D eigenvalue weighted by Gasteiger charge is -2.26. The number of imide groups is 2. The van der Waals surface area contributed by atoms with Crippen LogP contribution in [0.15, 0.2) is 66.2 Å². The van der Waals surface area contributed by atoms with Crippen LogP contribution < -0.4 is 24.4 Å². The fourth-order valence-electron chi connectivity index (χ4n) is 4.16. The zero-order valence-corrected chi connectivity index (χ0v) is 21.9. The number of methoxy groups -OCH3 is 1. The minimum atomic E-state index is -0.819. The number of urea groups is 1. The molecule has 196 valence electrons. The van der Waals surface area contributed by atoms with Gasteiger partial charge in [0, 0.05) is 11.6 Å². The molecule has 1 saturated heterocycles. The van der Waals surface area contributed by atoms with E-state index in [0.717, 1.165) is 28.0 Å². The van der Waals surface area contributed by atoms with Crippen molar-refractivity contribution in [1.29, 1.82) is 0 Å². The third-order valence-electron chi connectivity index (χ3n) is 5.87. The SMILES string of the molecule is CCCOc1ccc(N2C(=O)NC(=O)/C(=C/c3ccc(OC)cc3OCc3cc(C)cc(C)c3)C2=O)cc1. The molecule has 8 heteroatoms. The van der Waals surface area contributed by atoms with E-state index in [0.29, 0.717) is 35.1 Å². The normalized spacial score (nSPS) is 14.5. The summed E-state index contributed by atoms with van der Waals surface area (Å²) in [6.07, 6.45) is 2.28. The molecule has 3 aromatic rings. The number of ether oxygens (including phenoxy) is 3. The van der Waals surface area contributed by atoms with Gasteiger partial charge in [-0.05, 0) is 68.3 Å². The molecular weight excluding hydrogens is 484 g/mol. The summed E-state index contributed by atoms with van der Waals surface area (Å²) in [5.74, 6) is 0.0880. The topological polar surface area (TPSA) is 94.2 Å². The lowest BCUT2D eigenvalue weighted by Crippen LogP contribution is -2.54. The Labute approximate surface area is 221 Å². The Morgan fingerprint density at radius 3 is 2.21 bits per heavy atom. The molecule has 1 heterocycles. The van der Waals surface area contributed by atoms with E-state index in [1.807, 2.05) is 32.9 Å². The second kappa shape index (κ2) is 11.6. The number of amides is 4. The maximum Gasteiger partial charge on any atom is 0.335 e. The highest BCUT2D eigenvalue weighted by Gasteiger charge is 2.37. The molecule has 3 aromatic carbocycles. The predicted octanol–water partition coefficient (Wildman–Crippen LogP) is 5.35. The summed E-state index contributed by atoms with van der Waals surface area (Å²) < 4.78 is 17.0. The number of aryl methyl sites for hydroxylation is 2. The van der Waals surface area contributed by atoms with Crippen molar-refractivity contribution >= 4 is 29.6 Å². The monoisotopic (exact) mass is 514 g/mol. The van der Waals surface area contributed by atoms with E-state index in [-0.39, 0.29) is 12.2 Å². The average molecular weight is 515 g/mol. The Balaban J connectivity index is 1.64. The number of nitrogens with zero attached hydrogens (tertiary/aromatic N) is 1. The highest BCUT2D eigenvalue weighted by Crippen LogP contribution is 2.30. The first-order valence-corrected chi connectivity index (χ1v) is 12.3. The predicted molar refractivity (Wildman–Crippen MR) is 144 cm³/mol. The molecule has 0 bridgehead atoms. The van der Waals surface area contributed by atoms with Crippen LogP contribution in [0.4, 0.5) is 10.5 Å². The Morgan fingerprint density at radius 1 is 0.868 bits per heavy atom. The second-order valence-corrected chi connectivity index (χ2v) is 8.99. The van der Waals surface area contributed by atoms with Crippen LogP contribution in [-0.4, -0.2) is 31.6 Å². The number of barbiturate groups is 1. The summed E-state index contributed by atoms with van der Waals surface area (Å²) in [5.41, 5.74) is 3.84. The summed E-state index contributed by atoms with van der Waals surface area (Å²) >= 11 is 0. The highest BCUT2D eigenvalue weighted by molar-refractivity contribution is 6.39. The Bertz CT molecular complexity index is 1370. The van der Waals surface area contributed by atoms with Gasteiger partial charge >= 0.3 is 6.03 Å². The van der Waals surface area contributed by atoms with Crippen molar-refractivity contribution < 1.29 is 28.6 Å². The van der Waals surface area contributed by atoms with Crippen LogP contribution in [-0.2, 0) is 16.2 Å². The number of rotatable bonds is 9. The zero-order chi connectivity index (χ0) is 27.2. The van der Waals surface area contributed by atoms with Gasteiger partial charge in [-0.2, -0.15) is 0 Å². The number of carbonyl (C=O) groups excluding carboxylic acids is 3. The van der Waals surface area contributed by atoms with Gasteiger partial charge < -0.3 is 14.2 Å². The molecule has 0 radical (unpaired) electrons. The molecule has 4 amide bonds. The number of hydrogen-bond acceptors (Lipinski definition) is 6. The Morgan fingerprint density at radius 2 is 1.55 bits per heavy atom. The van der Waals surface area contributed by atoms with Gasteiger partial charge in [0.2, 0.25) is 0 Å². The summed E-state index contributed by atoms with van der Waals surface area (Å²) in [6.45, 7) is 6.87. The van der Waals surface area contributed by atoms with E-state index in [1.54, 1.807) is 49.6 Å². The van der Waals surface area contributed by atoms with E-state index in [4.69, 9.17) is 14.2 Å². The number of hydrogen-bond donors (Lipinski definition) is 1. The lowest BCUT2D eigenvalue weighted by atomic mass is 10.1. The van der Waals surface area contributed by atoms with Crippen molar-refractivity contribution in [3.63, 3.8) is 0 Å². The molecule has 0 atom stereocenters. The first-order chi connectivity index (χ1) is 18.3. The first-order valence-electron chi connectivity index (χ1n) is 12.3. The molecule has 8 nitrogen and oxygen atoms in total. The van der Waals surface area contributed by atoms with Crippen molar-refractivity contribution in [2.75, 3.05) is 18.6 Å². The van der Waals surface area contributed by atoms with Crippen molar-refractivity contribution in [2.45, 2.75) is 33.8 Å². The minimum Gasteiger partial charge on any atom is -0.497 e. The van der Waals surface area contributed by atoms with Crippen molar-refractivity contribution in [2.24, 2.45) is 0 Å². The fourth-order valence-corrected chi connectivity index (χ4v) is 4.16. The molecule has 1 aliphatic heterocycles. The molecule has 0 unspecified atom stereocenters. The standard InChI is InChI=1S/C30H30N2O6/c1-5-12-37-24-10-7-23(8-11-24)32-29(34)26(28(33)31-30(32)35)16-22-6-9-25(36-4)17-27(22)38-18-21-14-19(2)13-20(3)15-21/h6-11,13-17H,5,12,18H2,1-4H3,(H,31,33,35)/b26-16-. The van der Waals surface area contributed by atoms with Crippen LogP contribution in [0, 0.1) is 13.8 Å². The Hall–Kier alpha value is -4.59. The molecule has 38 heavy (non-hydrogen) atoms. The number of nitrogens with one attached hydrogen (secondary N) is 1. The van der Waals surface area contributed by atoms with Crippen molar-refractivity contribution in [3.8, 4) is 17.2 Å². The van der Waals surface area contributed by atoms with Gasteiger partial charge in [-0.15, -0.1) is 0 Å². The molecule has 1 fully saturated rings. The third kappa shape index (κ3) is 6.03. The van der Waals surface area contributed by atoms with Gasteiger partial charge in [0.1, 0.15) is 29.4 Å². The smallest absolute Gasteiger partial charge is 0.335 e. The summed E-state index contributed by atoms with van der Waals surface area (Å²) in [7, 11) is 1.54. The van der Waals surface area contributed by atoms with E-state index in [9.17, 15) is 14.4 Å². The second-order valence-electron chi connectivity index (χ2n) is 8.99. The van der Waals surface area contributed by atoms with E-state index < -0.39 is 17.8 Å². The number of carbonyl (C=O) groups is 3. The minimum absolute atomic E-state index is 0.197. The Kier molecular flexibility index (Phi) is 8.11. The maximum atomic E-state index is 13.4. The summed E-state index contributed by atoms with van der Waals surface area (Å²) in [4.78, 5) is 39.6. The molecule has 1 aliphatic rings. The van der Waals surface area contributed by atoms with E-state index >= 15 is 0 Å².